The highest BCUT2D eigenvalue weighted by molar-refractivity contribution is 5.94. The summed E-state index contributed by atoms with van der Waals surface area (Å²) in [6.07, 6.45) is 2.96. The van der Waals surface area contributed by atoms with Crippen molar-refractivity contribution in [3.8, 4) is 0 Å². The van der Waals surface area contributed by atoms with Crippen molar-refractivity contribution in [3.63, 3.8) is 0 Å². The average molecular weight is 249 g/mol. The Kier molecular flexibility index (Phi) is 6.19. The molecule has 0 aliphatic rings. The molecule has 1 heterocycles. The highest BCUT2D eigenvalue weighted by Crippen LogP contribution is 2.12. The maximum atomic E-state index is 11.9. The van der Waals surface area contributed by atoms with Crippen molar-refractivity contribution < 1.29 is 4.79 Å². The molecule has 0 saturated heterocycles. The van der Waals surface area contributed by atoms with Gasteiger partial charge in [0.2, 0.25) is 0 Å². The van der Waals surface area contributed by atoms with Crippen molar-refractivity contribution in [2.45, 2.75) is 40.0 Å². The Balaban J connectivity index is 2.93. The number of pyridine rings is 1. The lowest BCUT2D eigenvalue weighted by Gasteiger charge is -2.10. The first-order valence-electron chi connectivity index (χ1n) is 6.74. The fourth-order valence-electron chi connectivity index (χ4n) is 1.71. The van der Waals surface area contributed by atoms with Crippen molar-refractivity contribution in [2.24, 2.45) is 0 Å². The van der Waals surface area contributed by atoms with Crippen molar-refractivity contribution in [3.05, 3.63) is 23.4 Å². The van der Waals surface area contributed by atoms with Crippen LogP contribution in [0.5, 0.6) is 0 Å². The van der Waals surface area contributed by atoms with Gasteiger partial charge in [-0.25, -0.2) is 4.98 Å². The predicted molar refractivity (Wildman–Crippen MR) is 75.0 cm³/mol. The monoisotopic (exact) mass is 249 g/mol. The summed E-state index contributed by atoms with van der Waals surface area (Å²) in [6.45, 7) is 7.65. The fraction of sp³-hybridized carbons (Fsp3) is 0.571. The molecule has 1 amide bonds. The molecular weight excluding hydrogens is 226 g/mol. The van der Waals surface area contributed by atoms with Crippen LogP contribution in [0.3, 0.4) is 0 Å². The van der Waals surface area contributed by atoms with Crippen LogP contribution in [0.2, 0.25) is 0 Å². The quantitative estimate of drug-likeness (QED) is 0.781. The van der Waals surface area contributed by atoms with Crippen molar-refractivity contribution in [1.82, 2.24) is 10.3 Å². The van der Waals surface area contributed by atoms with Gasteiger partial charge in [0.25, 0.3) is 5.91 Å². The molecule has 0 atom stereocenters. The van der Waals surface area contributed by atoms with E-state index in [0.29, 0.717) is 12.1 Å². The Labute approximate surface area is 109 Å². The van der Waals surface area contributed by atoms with E-state index in [1.807, 2.05) is 19.1 Å². The van der Waals surface area contributed by atoms with Crippen LogP contribution in [-0.4, -0.2) is 24.0 Å². The summed E-state index contributed by atoms with van der Waals surface area (Å²) in [5.74, 6) is 0.765. The zero-order chi connectivity index (χ0) is 13.4. The zero-order valence-electron chi connectivity index (χ0n) is 11.5. The van der Waals surface area contributed by atoms with Crippen LogP contribution in [0.15, 0.2) is 12.1 Å². The summed E-state index contributed by atoms with van der Waals surface area (Å²) in [5, 5.41) is 6.06. The van der Waals surface area contributed by atoms with Gasteiger partial charge in [0.1, 0.15) is 5.82 Å². The summed E-state index contributed by atoms with van der Waals surface area (Å²) in [7, 11) is 0. The van der Waals surface area contributed by atoms with Crippen LogP contribution in [0.1, 0.15) is 49.7 Å². The van der Waals surface area contributed by atoms with E-state index >= 15 is 0 Å². The Bertz CT molecular complexity index is 391. The molecular formula is C14H23N3O. The minimum absolute atomic E-state index is 0.0307. The van der Waals surface area contributed by atoms with Crippen molar-refractivity contribution in [2.75, 3.05) is 18.4 Å². The maximum Gasteiger partial charge on any atom is 0.251 e. The first kappa shape index (κ1) is 14.5. The number of aryl methyl sites for hydroxylation is 1. The van der Waals surface area contributed by atoms with Gasteiger partial charge in [-0.15, -0.1) is 0 Å². The van der Waals surface area contributed by atoms with E-state index < -0.39 is 0 Å². The van der Waals surface area contributed by atoms with Gasteiger partial charge in [-0.1, -0.05) is 20.3 Å². The number of nitrogens with one attached hydrogen (secondary N) is 2. The Morgan fingerprint density at radius 2 is 2.00 bits per heavy atom. The second-order valence-electron chi connectivity index (χ2n) is 4.27. The van der Waals surface area contributed by atoms with Crippen molar-refractivity contribution >= 4 is 11.7 Å². The topological polar surface area (TPSA) is 54.0 Å². The van der Waals surface area contributed by atoms with Gasteiger partial charge in [-0.2, -0.15) is 0 Å². The van der Waals surface area contributed by atoms with Crippen LogP contribution < -0.4 is 10.6 Å². The van der Waals surface area contributed by atoms with E-state index in [0.717, 1.165) is 37.3 Å². The Hall–Kier alpha value is -1.58. The van der Waals surface area contributed by atoms with Crippen LogP contribution >= 0.6 is 0 Å². The molecule has 0 saturated carbocycles. The molecule has 0 aliphatic carbocycles. The highest BCUT2D eigenvalue weighted by Gasteiger charge is 2.08. The predicted octanol–water partition coefficient (Wildman–Crippen LogP) is 2.61. The van der Waals surface area contributed by atoms with Gasteiger partial charge in [-0.3, -0.25) is 4.79 Å². The zero-order valence-corrected chi connectivity index (χ0v) is 11.5. The summed E-state index contributed by atoms with van der Waals surface area (Å²) in [5.41, 5.74) is 1.66. The van der Waals surface area contributed by atoms with Crippen LogP contribution in [0.25, 0.3) is 0 Å². The minimum Gasteiger partial charge on any atom is -0.370 e. The van der Waals surface area contributed by atoms with E-state index in [1.54, 1.807) is 0 Å². The molecule has 100 valence electrons. The summed E-state index contributed by atoms with van der Waals surface area (Å²) in [4.78, 5) is 16.4. The third-order valence-corrected chi connectivity index (χ3v) is 2.54. The van der Waals surface area contributed by atoms with E-state index in [4.69, 9.17) is 0 Å². The van der Waals surface area contributed by atoms with E-state index in [9.17, 15) is 4.79 Å². The second kappa shape index (κ2) is 7.69. The summed E-state index contributed by atoms with van der Waals surface area (Å²) < 4.78 is 0. The summed E-state index contributed by atoms with van der Waals surface area (Å²) >= 11 is 0. The van der Waals surface area contributed by atoms with Crippen LogP contribution in [-0.2, 0) is 6.42 Å². The number of nitrogens with zero attached hydrogens (tertiary/aromatic N) is 1. The number of rotatable bonds is 7. The molecule has 1 aromatic rings. The molecule has 0 spiro atoms. The normalized spacial score (nSPS) is 10.2. The molecule has 0 radical (unpaired) electrons. The molecule has 1 aromatic heterocycles. The van der Waals surface area contributed by atoms with Crippen molar-refractivity contribution in [1.29, 1.82) is 0 Å². The molecule has 0 aromatic carbocycles. The highest BCUT2D eigenvalue weighted by atomic mass is 16.1. The molecule has 0 aliphatic heterocycles. The molecule has 4 nitrogen and oxygen atoms in total. The Morgan fingerprint density at radius 1 is 1.22 bits per heavy atom. The van der Waals surface area contributed by atoms with Gasteiger partial charge in [0.15, 0.2) is 0 Å². The third-order valence-electron chi connectivity index (χ3n) is 2.54. The number of carbonyl (C=O) groups excluding carboxylic acids is 1. The van der Waals surface area contributed by atoms with Gasteiger partial charge in [0.05, 0.1) is 0 Å². The number of hydrogen-bond donors (Lipinski definition) is 2. The molecule has 1 rings (SSSR count). The van der Waals surface area contributed by atoms with E-state index in [2.05, 4.69) is 29.5 Å². The van der Waals surface area contributed by atoms with Crippen LogP contribution in [0.4, 0.5) is 5.82 Å². The molecule has 0 fully saturated rings. The lowest BCUT2D eigenvalue weighted by atomic mass is 10.1. The number of aromatic nitrogens is 1. The SMILES string of the molecule is CCCNc1cc(C(=O)NCC)cc(CCC)n1. The smallest absolute Gasteiger partial charge is 0.251 e. The van der Waals surface area contributed by atoms with E-state index in [1.165, 1.54) is 0 Å². The molecule has 4 heteroatoms. The fourth-order valence-corrected chi connectivity index (χ4v) is 1.71. The molecule has 18 heavy (non-hydrogen) atoms. The maximum absolute atomic E-state index is 11.9. The lowest BCUT2D eigenvalue weighted by Crippen LogP contribution is -2.23. The minimum atomic E-state index is -0.0307. The standard InChI is InChI=1S/C14H23N3O/c1-4-7-12-9-11(14(18)15-6-3)10-13(17-12)16-8-5-2/h9-10H,4-8H2,1-3H3,(H,15,18)(H,16,17). The molecule has 0 unspecified atom stereocenters. The average Bonchev–Trinajstić information content (AvgIpc) is 2.37. The first-order chi connectivity index (χ1) is 8.71. The number of carbonyl (C=O) groups is 1. The van der Waals surface area contributed by atoms with Gasteiger partial charge in [-0.05, 0) is 31.9 Å². The molecule has 2 N–H and O–H groups in total. The lowest BCUT2D eigenvalue weighted by molar-refractivity contribution is 0.0955. The van der Waals surface area contributed by atoms with Gasteiger partial charge in [0, 0.05) is 24.3 Å². The molecule has 0 bridgehead atoms. The van der Waals surface area contributed by atoms with E-state index in [-0.39, 0.29) is 5.91 Å². The largest absolute Gasteiger partial charge is 0.370 e. The first-order valence-corrected chi connectivity index (χ1v) is 6.74. The summed E-state index contributed by atoms with van der Waals surface area (Å²) in [6, 6.07) is 3.70. The number of amides is 1. The second-order valence-corrected chi connectivity index (χ2v) is 4.27. The van der Waals surface area contributed by atoms with Crippen LogP contribution in [0, 0.1) is 0 Å². The Morgan fingerprint density at radius 3 is 2.61 bits per heavy atom. The van der Waals surface area contributed by atoms with Gasteiger partial charge >= 0.3 is 0 Å². The van der Waals surface area contributed by atoms with Gasteiger partial charge < -0.3 is 10.6 Å². The number of hydrogen-bond acceptors (Lipinski definition) is 3. The number of anilines is 1. The third kappa shape index (κ3) is 4.35.